The summed E-state index contributed by atoms with van der Waals surface area (Å²) in [5.41, 5.74) is 3.76. The zero-order chi connectivity index (χ0) is 19.3. The molecule has 8 heteroatoms. The Balaban J connectivity index is 1.29. The van der Waals surface area contributed by atoms with Crippen molar-refractivity contribution in [2.24, 2.45) is 5.92 Å². The SMILES string of the molecule is O=C(COc1ccc(Oc2cnc3cc(Cl)ccc3n2)cc1)NOCC1CC1. The summed E-state index contributed by atoms with van der Waals surface area (Å²) in [5.74, 6) is 1.75. The van der Waals surface area contributed by atoms with E-state index < -0.39 is 0 Å². The van der Waals surface area contributed by atoms with Gasteiger partial charge in [0.2, 0.25) is 5.88 Å². The number of rotatable bonds is 8. The van der Waals surface area contributed by atoms with Crippen LogP contribution in [0.3, 0.4) is 0 Å². The van der Waals surface area contributed by atoms with Gasteiger partial charge in [-0.15, -0.1) is 0 Å². The smallest absolute Gasteiger partial charge is 0.281 e. The number of hydrogen-bond donors (Lipinski definition) is 1. The largest absolute Gasteiger partial charge is 0.484 e. The molecule has 1 heterocycles. The molecule has 0 spiro atoms. The first-order valence-electron chi connectivity index (χ1n) is 8.89. The molecule has 28 heavy (non-hydrogen) atoms. The zero-order valence-electron chi connectivity index (χ0n) is 14.9. The first kappa shape index (κ1) is 18.5. The van der Waals surface area contributed by atoms with Gasteiger partial charge in [0, 0.05) is 5.02 Å². The summed E-state index contributed by atoms with van der Waals surface area (Å²) in [7, 11) is 0. The van der Waals surface area contributed by atoms with E-state index in [1.54, 1.807) is 42.5 Å². The topological polar surface area (TPSA) is 82.6 Å². The van der Waals surface area contributed by atoms with E-state index in [0.717, 1.165) is 0 Å². The van der Waals surface area contributed by atoms with Crippen molar-refractivity contribution in [3.05, 3.63) is 53.7 Å². The lowest BCUT2D eigenvalue weighted by Gasteiger charge is -2.09. The second kappa shape index (κ2) is 8.41. The van der Waals surface area contributed by atoms with Crippen molar-refractivity contribution in [2.75, 3.05) is 13.2 Å². The maximum atomic E-state index is 11.6. The Bertz CT molecular complexity index is 977. The highest BCUT2D eigenvalue weighted by Gasteiger charge is 2.21. The molecule has 7 nitrogen and oxygen atoms in total. The average molecular weight is 400 g/mol. The van der Waals surface area contributed by atoms with E-state index in [-0.39, 0.29) is 12.5 Å². The molecule has 1 aliphatic rings. The predicted molar refractivity (Wildman–Crippen MR) is 103 cm³/mol. The predicted octanol–water partition coefficient (Wildman–Crippen LogP) is 3.91. The number of benzene rings is 2. The van der Waals surface area contributed by atoms with E-state index in [1.807, 2.05) is 0 Å². The molecule has 3 aromatic rings. The number of nitrogens with zero attached hydrogens (tertiary/aromatic N) is 2. The molecule has 0 radical (unpaired) electrons. The number of aromatic nitrogens is 2. The molecule has 1 saturated carbocycles. The van der Waals surface area contributed by atoms with Gasteiger partial charge in [-0.1, -0.05) is 11.6 Å². The van der Waals surface area contributed by atoms with Crippen LogP contribution in [0.4, 0.5) is 0 Å². The Hall–Kier alpha value is -2.90. The number of hydrogen-bond acceptors (Lipinski definition) is 6. The number of ether oxygens (including phenoxy) is 2. The summed E-state index contributed by atoms with van der Waals surface area (Å²) in [6.07, 6.45) is 3.87. The highest BCUT2D eigenvalue weighted by Crippen LogP contribution is 2.28. The number of fused-ring (bicyclic) bond motifs is 1. The second-order valence-corrected chi connectivity index (χ2v) is 6.92. The summed E-state index contributed by atoms with van der Waals surface area (Å²) in [4.78, 5) is 25.4. The van der Waals surface area contributed by atoms with Crippen LogP contribution in [-0.4, -0.2) is 29.1 Å². The first-order valence-corrected chi connectivity index (χ1v) is 9.27. The number of carbonyl (C=O) groups excluding carboxylic acids is 1. The van der Waals surface area contributed by atoms with E-state index in [0.29, 0.717) is 46.0 Å². The Kier molecular flexibility index (Phi) is 5.55. The van der Waals surface area contributed by atoms with Crippen molar-refractivity contribution >= 4 is 28.5 Å². The molecule has 0 atom stereocenters. The molecule has 2 aromatic carbocycles. The second-order valence-electron chi connectivity index (χ2n) is 6.48. The fourth-order valence-corrected chi connectivity index (χ4v) is 2.61. The third-order valence-electron chi connectivity index (χ3n) is 4.10. The van der Waals surface area contributed by atoms with Gasteiger partial charge in [-0.3, -0.25) is 9.63 Å². The fraction of sp³-hybridized carbons (Fsp3) is 0.250. The summed E-state index contributed by atoms with van der Waals surface area (Å²) in [5, 5.41) is 0.606. The number of amides is 1. The van der Waals surface area contributed by atoms with Crippen LogP contribution in [-0.2, 0) is 9.63 Å². The molecule has 144 valence electrons. The number of halogens is 1. The van der Waals surface area contributed by atoms with Gasteiger partial charge < -0.3 is 9.47 Å². The maximum absolute atomic E-state index is 11.6. The van der Waals surface area contributed by atoms with E-state index in [9.17, 15) is 4.79 Å². The van der Waals surface area contributed by atoms with Gasteiger partial charge in [0.1, 0.15) is 11.5 Å². The molecule has 1 aromatic heterocycles. The highest BCUT2D eigenvalue weighted by molar-refractivity contribution is 6.31. The molecule has 0 saturated heterocycles. The highest BCUT2D eigenvalue weighted by atomic mass is 35.5. The molecule has 1 fully saturated rings. The summed E-state index contributed by atoms with van der Waals surface area (Å²) in [6.45, 7) is 0.437. The Morgan fingerprint density at radius 2 is 1.89 bits per heavy atom. The molecular weight excluding hydrogens is 382 g/mol. The molecule has 1 amide bonds. The number of hydroxylamine groups is 1. The zero-order valence-corrected chi connectivity index (χ0v) is 15.7. The minimum Gasteiger partial charge on any atom is -0.484 e. The van der Waals surface area contributed by atoms with Crippen molar-refractivity contribution in [3.63, 3.8) is 0 Å². The van der Waals surface area contributed by atoms with E-state index in [4.69, 9.17) is 25.9 Å². The lowest BCUT2D eigenvalue weighted by atomic mass is 10.3. The van der Waals surface area contributed by atoms with Crippen molar-refractivity contribution < 1.29 is 19.1 Å². The molecule has 0 aliphatic heterocycles. The minimum atomic E-state index is -0.326. The molecule has 0 unspecified atom stereocenters. The van der Waals surface area contributed by atoms with Crippen LogP contribution < -0.4 is 15.0 Å². The summed E-state index contributed by atoms with van der Waals surface area (Å²) in [6, 6.07) is 12.2. The van der Waals surface area contributed by atoms with Crippen LogP contribution >= 0.6 is 11.6 Å². The van der Waals surface area contributed by atoms with Crippen LogP contribution in [0.5, 0.6) is 17.4 Å². The van der Waals surface area contributed by atoms with Crippen LogP contribution in [0, 0.1) is 5.92 Å². The monoisotopic (exact) mass is 399 g/mol. The fourth-order valence-electron chi connectivity index (χ4n) is 2.44. The van der Waals surface area contributed by atoms with Gasteiger partial charge in [0.15, 0.2) is 6.61 Å². The van der Waals surface area contributed by atoms with Crippen molar-refractivity contribution in [2.45, 2.75) is 12.8 Å². The van der Waals surface area contributed by atoms with Crippen molar-refractivity contribution in [1.29, 1.82) is 0 Å². The van der Waals surface area contributed by atoms with Crippen LogP contribution in [0.2, 0.25) is 5.02 Å². The van der Waals surface area contributed by atoms with Gasteiger partial charge >= 0.3 is 0 Å². The first-order chi connectivity index (χ1) is 13.7. The third-order valence-corrected chi connectivity index (χ3v) is 4.34. The van der Waals surface area contributed by atoms with Crippen molar-refractivity contribution in [1.82, 2.24) is 15.4 Å². The van der Waals surface area contributed by atoms with Gasteiger partial charge in [0.25, 0.3) is 5.91 Å². The third kappa shape index (κ3) is 5.09. The summed E-state index contributed by atoms with van der Waals surface area (Å²) < 4.78 is 11.1. The normalized spacial score (nSPS) is 13.3. The van der Waals surface area contributed by atoms with Crippen LogP contribution in [0.25, 0.3) is 11.0 Å². The quantitative estimate of drug-likeness (QED) is 0.578. The molecule has 4 rings (SSSR count). The lowest BCUT2D eigenvalue weighted by molar-refractivity contribution is -0.136. The average Bonchev–Trinajstić information content (AvgIpc) is 3.52. The summed E-state index contributed by atoms with van der Waals surface area (Å²) >= 11 is 5.95. The number of nitrogens with one attached hydrogen (secondary N) is 1. The molecule has 1 aliphatic carbocycles. The Morgan fingerprint density at radius 3 is 2.68 bits per heavy atom. The Morgan fingerprint density at radius 1 is 1.11 bits per heavy atom. The van der Waals surface area contributed by atoms with Gasteiger partial charge in [-0.05, 0) is 61.2 Å². The van der Waals surface area contributed by atoms with Crippen LogP contribution in [0.1, 0.15) is 12.8 Å². The van der Waals surface area contributed by atoms with Crippen molar-refractivity contribution in [3.8, 4) is 17.4 Å². The van der Waals surface area contributed by atoms with E-state index >= 15 is 0 Å². The maximum Gasteiger partial charge on any atom is 0.281 e. The molecule has 0 bridgehead atoms. The molecular formula is C20H18ClN3O4. The van der Waals surface area contributed by atoms with Gasteiger partial charge in [-0.25, -0.2) is 15.4 Å². The Labute approximate surface area is 166 Å². The standard InChI is InChI=1S/C20H18ClN3O4/c21-14-3-8-17-18(9-14)22-10-20(23-17)28-16-6-4-15(5-7-16)26-12-19(25)24-27-11-13-1-2-13/h3-10,13H,1-2,11-12H2,(H,24,25). The van der Waals surface area contributed by atoms with Crippen LogP contribution in [0.15, 0.2) is 48.7 Å². The van der Waals surface area contributed by atoms with E-state index in [2.05, 4.69) is 15.4 Å². The number of carbonyl (C=O) groups is 1. The molecule has 1 N–H and O–H groups in total. The van der Waals surface area contributed by atoms with Gasteiger partial charge in [0.05, 0.1) is 23.8 Å². The minimum absolute atomic E-state index is 0.121. The van der Waals surface area contributed by atoms with E-state index in [1.165, 1.54) is 19.0 Å². The van der Waals surface area contributed by atoms with Gasteiger partial charge in [-0.2, -0.15) is 0 Å². The lowest BCUT2D eigenvalue weighted by Crippen LogP contribution is -2.29.